The van der Waals surface area contributed by atoms with Crippen LogP contribution in [0.4, 0.5) is 5.95 Å². The van der Waals surface area contributed by atoms with Crippen LogP contribution in [0.2, 0.25) is 0 Å². The number of phosphoric acid groups is 1. The molecule has 0 bridgehead atoms. The smallest absolute Gasteiger partial charge is 0.387 e. The molecule has 4 rings (SSSR count). The summed E-state index contributed by atoms with van der Waals surface area (Å²) in [5, 5.41) is 23.7. The van der Waals surface area contributed by atoms with E-state index in [0.29, 0.717) is 6.54 Å². The third-order valence-electron chi connectivity index (χ3n) is 5.23. The van der Waals surface area contributed by atoms with E-state index in [0.717, 1.165) is 12.8 Å². The maximum Gasteiger partial charge on any atom is 0.469 e. The summed E-state index contributed by atoms with van der Waals surface area (Å²) in [7, 11) is -4.79. The van der Waals surface area contributed by atoms with Crippen molar-refractivity contribution in [2.24, 2.45) is 0 Å². The minimum Gasteiger partial charge on any atom is -0.387 e. The molecule has 1 fully saturated rings. The number of benzene rings is 1. The topological polar surface area (TPSA) is 192 Å². The van der Waals surface area contributed by atoms with Gasteiger partial charge in [-0.1, -0.05) is 30.3 Å². The standard InChI is InChI=1S/C19H24N5O8P/c25-14-12(9-31-33(28,29)30)32-18(15(14)26)24-10-21-13-16(24)22-19(23-17(13)27)20-8-4-7-11-5-2-1-3-6-11/h1-3,5-6,10,12,14-15,18,25-26H,4,7-9H2,(H2,28,29,30)(H2,20,22,23,27)/t12-,14-,15-,18-/m1/s1. The van der Waals surface area contributed by atoms with Crippen molar-refractivity contribution in [1.82, 2.24) is 19.5 Å². The molecule has 33 heavy (non-hydrogen) atoms. The number of hydrogen-bond acceptors (Lipinski definition) is 9. The number of rotatable bonds is 9. The Morgan fingerprint density at radius 3 is 2.70 bits per heavy atom. The molecule has 0 aliphatic carbocycles. The van der Waals surface area contributed by atoms with Crippen LogP contribution in [0, 0.1) is 0 Å². The van der Waals surface area contributed by atoms with Gasteiger partial charge in [0.2, 0.25) is 5.95 Å². The Hall–Kier alpha value is -2.64. The number of ether oxygens (including phenoxy) is 1. The number of H-pyrrole nitrogens is 1. The van der Waals surface area contributed by atoms with Gasteiger partial charge in [0.25, 0.3) is 5.56 Å². The molecule has 2 aromatic heterocycles. The summed E-state index contributed by atoms with van der Waals surface area (Å²) in [6.07, 6.45) is -2.51. The average molecular weight is 481 g/mol. The highest BCUT2D eigenvalue weighted by molar-refractivity contribution is 7.46. The Balaban J connectivity index is 1.47. The van der Waals surface area contributed by atoms with Crippen molar-refractivity contribution in [2.45, 2.75) is 37.4 Å². The van der Waals surface area contributed by atoms with Crippen molar-refractivity contribution >= 4 is 24.9 Å². The molecule has 0 radical (unpaired) electrons. The Morgan fingerprint density at radius 1 is 1.21 bits per heavy atom. The van der Waals surface area contributed by atoms with Crippen LogP contribution < -0.4 is 10.9 Å². The fourth-order valence-electron chi connectivity index (χ4n) is 3.61. The highest BCUT2D eigenvalue weighted by Gasteiger charge is 2.45. The molecule has 1 saturated heterocycles. The Morgan fingerprint density at radius 2 is 1.97 bits per heavy atom. The van der Waals surface area contributed by atoms with E-state index < -0.39 is 44.5 Å². The van der Waals surface area contributed by atoms with Gasteiger partial charge >= 0.3 is 7.82 Å². The maximum atomic E-state index is 12.4. The van der Waals surface area contributed by atoms with Crippen molar-refractivity contribution in [1.29, 1.82) is 0 Å². The summed E-state index contributed by atoms with van der Waals surface area (Å²) >= 11 is 0. The predicted octanol–water partition coefficient (Wildman–Crippen LogP) is -0.107. The average Bonchev–Trinajstić information content (AvgIpc) is 3.32. The number of imidazole rings is 1. The first-order chi connectivity index (χ1) is 15.7. The second-order valence-corrected chi connectivity index (χ2v) is 8.83. The number of nitrogens with one attached hydrogen (secondary N) is 2. The van der Waals surface area contributed by atoms with Crippen molar-refractivity contribution in [2.75, 3.05) is 18.5 Å². The van der Waals surface area contributed by atoms with Crippen LogP contribution >= 0.6 is 7.82 Å². The Bertz CT molecular complexity index is 1200. The predicted molar refractivity (Wildman–Crippen MR) is 115 cm³/mol. The number of aliphatic hydroxyl groups is 2. The molecule has 0 spiro atoms. The molecule has 13 nitrogen and oxygen atoms in total. The van der Waals surface area contributed by atoms with Crippen molar-refractivity contribution in [3.8, 4) is 0 Å². The first-order valence-corrected chi connectivity index (χ1v) is 11.7. The van der Waals surface area contributed by atoms with E-state index in [-0.39, 0.29) is 17.1 Å². The molecular weight excluding hydrogens is 457 g/mol. The van der Waals surface area contributed by atoms with Crippen molar-refractivity contribution < 1.29 is 33.8 Å². The second kappa shape index (κ2) is 9.69. The zero-order chi connectivity index (χ0) is 23.6. The van der Waals surface area contributed by atoms with E-state index in [9.17, 15) is 19.6 Å². The lowest BCUT2D eigenvalue weighted by atomic mass is 10.1. The number of aromatic nitrogens is 4. The van der Waals surface area contributed by atoms with Gasteiger partial charge in [-0.2, -0.15) is 4.98 Å². The molecule has 0 saturated carbocycles. The molecule has 3 heterocycles. The van der Waals surface area contributed by atoms with Gasteiger partial charge in [-0.05, 0) is 18.4 Å². The summed E-state index contributed by atoms with van der Waals surface area (Å²) < 4.78 is 22.1. The molecule has 178 valence electrons. The van der Waals surface area contributed by atoms with E-state index in [1.165, 1.54) is 16.5 Å². The molecule has 14 heteroatoms. The summed E-state index contributed by atoms with van der Waals surface area (Å²) in [6.45, 7) is -0.103. The van der Waals surface area contributed by atoms with E-state index in [1.54, 1.807) is 0 Å². The number of aromatic amines is 1. The third kappa shape index (κ3) is 5.47. The zero-order valence-electron chi connectivity index (χ0n) is 17.3. The van der Waals surface area contributed by atoms with Gasteiger partial charge in [0.15, 0.2) is 17.4 Å². The monoisotopic (exact) mass is 481 g/mol. The summed E-state index contributed by atoms with van der Waals surface area (Å²) in [4.78, 5) is 41.1. The first kappa shape index (κ1) is 23.5. The molecule has 1 aromatic carbocycles. The lowest BCUT2D eigenvalue weighted by Gasteiger charge is -2.16. The van der Waals surface area contributed by atoms with Crippen LogP contribution in [0.1, 0.15) is 18.2 Å². The minimum atomic E-state index is -4.79. The number of aryl methyl sites for hydroxylation is 1. The SMILES string of the molecule is O=c1[nH]c(NCCCc2ccccc2)nc2c1ncn2[C@@H]1O[C@H](COP(=O)(O)O)[C@@H](O)[C@H]1O. The lowest BCUT2D eigenvalue weighted by Crippen LogP contribution is -2.33. The van der Waals surface area contributed by atoms with Gasteiger partial charge in [-0.25, -0.2) is 9.55 Å². The van der Waals surface area contributed by atoms with Crippen LogP contribution in [0.5, 0.6) is 0 Å². The van der Waals surface area contributed by atoms with Crippen LogP contribution in [0.15, 0.2) is 41.5 Å². The summed E-state index contributed by atoms with van der Waals surface area (Å²) in [6, 6.07) is 9.95. The van der Waals surface area contributed by atoms with Crippen LogP contribution in [-0.4, -0.2) is 71.0 Å². The highest BCUT2D eigenvalue weighted by atomic mass is 31.2. The molecule has 4 atom stereocenters. The van der Waals surface area contributed by atoms with Gasteiger partial charge < -0.3 is 30.1 Å². The van der Waals surface area contributed by atoms with Crippen LogP contribution in [-0.2, 0) is 20.2 Å². The molecule has 3 aromatic rings. The maximum absolute atomic E-state index is 12.4. The van der Waals surface area contributed by atoms with Crippen molar-refractivity contribution in [3.05, 3.63) is 52.6 Å². The van der Waals surface area contributed by atoms with E-state index in [4.69, 9.17) is 14.5 Å². The normalized spacial score (nSPS) is 23.3. The zero-order valence-corrected chi connectivity index (χ0v) is 18.2. The number of hydrogen-bond donors (Lipinski definition) is 6. The first-order valence-electron chi connectivity index (χ1n) is 10.2. The lowest BCUT2D eigenvalue weighted by molar-refractivity contribution is -0.0503. The van der Waals surface area contributed by atoms with Gasteiger partial charge in [0, 0.05) is 6.54 Å². The number of aliphatic hydroxyl groups excluding tert-OH is 2. The van der Waals surface area contributed by atoms with Crippen LogP contribution in [0.25, 0.3) is 11.2 Å². The van der Waals surface area contributed by atoms with Gasteiger partial charge in [-0.3, -0.25) is 18.9 Å². The number of anilines is 1. The van der Waals surface area contributed by atoms with Gasteiger partial charge in [-0.15, -0.1) is 0 Å². The minimum absolute atomic E-state index is 0.00467. The highest BCUT2D eigenvalue weighted by Crippen LogP contribution is 2.38. The summed E-state index contributed by atoms with van der Waals surface area (Å²) in [5.41, 5.74) is 0.804. The molecule has 6 N–H and O–H groups in total. The number of nitrogens with zero attached hydrogens (tertiary/aromatic N) is 3. The fraction of sp³-hybridized carbons (Fsp3) is 0.421. The molecule has 0 unspecified atom stereocenters. The number of fused-ring (bicyclic) bond motifs is 1. The summed E-state index contributed by atoms with van der Waals surface area (Å²) in [5.74, 6) is 0.205. The molecule has 1 aliphatic heterocycles. The van der Waals surface area contributed by atoms with E-state index in [2.05, 4.69) is 24.8 Å². The van der Waals surface area contributed by atoms with Crippen LogP contribution in [0.3, 0.4) is 0 Å². The second-order valence-electron chi connectivity index (χ2n) is 7.59. The van der Waals surface area contributed by atoms with Crippen molar-refractivity contribution in [3.63, 3.8) is 0 Å². The Labute approximate surface area is 187 Å². The Kier molecular flexibility index (Phi) is 6.91. The molecule has 1 aliphatic rings. The van der Waals surface area contributed by atoms with E-state index in [1.807, 2.05) is 30.3 Å². The van der Waals surface area contributed by atoms with E-state index >= 15 is 0 Å². The quantitative estimate of drug-likeness (QED) is 0.176. The molecular formula is C19H24N5O8P. The largest absolute Gasteiger partial charge is 0.469 e. The third-order valence-corrected chi connectivity index (χ3v) is 5.71. The van der Waals surface area contributed by atoms with Gasteiger partial charge in [0.05, 0.1) is 12.9 Å². The van der Waals surface area contributed by atoms with Gasteiger partial charge in [0.1, 0.15) is 18.3 Å². The molecule has 0 amide bonds. The number of phosphoric ester groups is 1. The fourth-order valence-corrected chi connectivity index (χ4v) is 3.95.